The summed E-state index contributed by atoms with van der Waals surface area (Å²) in [4.78, 5) is 12.1. The molecular formula is C16H16NaO3+. The summed E-state index contributed by atoms with van der Waals surface area (Å²) in [7, 11) is 0. The number of carbonyl (C=O) groups excluding carboxylic acids is 1. The van der Waals surface area contributed by atoms with Crippen LogP contribution in [0.15, 0.2) is 54.6 Å². The summed E-state index contributed by atoms with van der Waals surface area (Å²) in [6.45, 7) is 1.90. The molecule has 3 nitrogen and oxygen atoms in total. The van der Waals surface area contributed by atoms with E-state index in [-0.39, 0.29) is 41.9 Å². The van der Waals surface area contributed by atoms with Gasteiger partial charge in [0, 0.05) is 11.1 Å². The number of ketones is 1. The van der Waals surface area contributed by atoms with Gasteiger partial charge in [-0.15, -0.1) is 0 Å². The number of hydrogen-bond donors (Lipinski definition) is 1. The smallest absolute Gasteiger partial charge is 0.491 e. The van der Waals surface area contributed by atoms with Crippen LogP contribution in [-0.2, 0) is 0 Å². The van der Waals surface area contributed by atoms with Gasteiger partial charge in [0.2, 0.25) is 0 Å². The number of aliphatic hydroxyl groups excluding tert-OH is 1. The van der Waals surface area contributed by atoms with Gasteiger partial charge in [0.25, 0.3) is 0 Å². The van der Waals surface area contributed by atoms with E-state index in [0.717, 1.165) is 0 Å². The maximum atomic E-state index is 12.1. The Bertz CT molecular complexity index is 535. The first-order valence-corrected chi connectivity index (χ1v) is 6.17. The monoisotopic (exact) mass is 279 g/mol. The zero-order valence-corrected chi connectivity index (χ0v) is 13.7. The van der Waals surface area contributed by atoms with Gasteiger partial charge in [-0.3, -0.25) is 4.79 Å². The average Bonchev–Trinajstić information content (AvgIpc) is 2.46. The second-order valence-electron chi connectivity index (χ2n) is 4.38. The first-order chi connectivity index (χ1) is 9.16. The van der Waals surface area contributed by atoms with Crippen molar-refractivity contribution in [3.05, 3.63) is 65.7 Å². The van der Waals surface area contributed by atoms with Gasteiger partial charge in [0.1, 0.15) is 12.4 Å². The number of aliphatic hydroxyl groups is 1. The van der Waals surface area contributed by atoms with E-state index < -0.39 is 6.10 Å². The summed E-state index contributed by atoms with van der Waals surface area (Å²) in [5, 5.41) is 9.13. The Morgan fingerprint density at radius 1 is 1.05 bits per heavy atom. The van der Waals surface area contributed by atoms with E-state index in [2.05, 4.69) is 0 Å². The van der Waals surface area contributed by atoms with E-state index in [1.54, 1.807) is 43.3 Å². The second kappa shape index (κ2) is 8.22. The molecule has 0 saturated heterocycles. The molecule has 0 aliphatic carbocycles. The topological polar surface area (TPSA) is 46.5 Å². The predicted octanol–water partition coefficient (Wildman–Crippen LogP) is -0.319. The Kier molecular flexibility index (Phi) is 6.96. The van der Waals surface area contributed by atoms with Crippen LogP contribution in [0.4, 0.5) is 0 Å². The minimum atomic E-state index is -0.509. The number of carbonyl (C=O) groups is 1. The fourth-order valence-corrected chi connectivity index (χ4v) is 1.68. The van der Waals surface area contributed by atoms with Gasteiger partial charge in [0.05, 0.1) is 6.10 Å². The summed E-state index contributed by atoms with van der Waals surface area (Å²) in [5.74, 6) is 0.633. The van der Waals surface area contributed by atoms with Crippen molar-refractivity contribution in [2.24, 2.45) is 0 Å². The molecule has 0 aliphatic rings. The van der Waals surface area contributed by atoms with Gasteiger partial charge in [0.15, 0.2) is 5.78 Å². The molecule has 2 aromatic rings. The van der Waals surface area contributed by atoms with E-state index in [4.69, 9.17) is 9.84 Å². The maximum absolute atomic E-state index is 12.1. The molecule has 0 spiro atoms. The quantitative estimate of drug-likeness (QED) is 0.603. The molecular weight excluding hydrogens is 263 g/mol. The molecule has 0 bridgehead atoms. The van der Waals surface area contributed by atoms with Crippen LogP contribution >= 0.6 is 0 Å². The zero-order valence-electron chi connectivity index (χ0n) is 11.7. The molecule has 4 heteroatoms. The van der Waals surface area contributed by atoms with Crippen LogP contribution in [0.25, 0.3) is 0 Å². The summed E-state index contributed by atoms with van der Waals surface area (Å²) in [6, 6.07) is 16.1. The van der Waals surface area contributed by atoms with E-state index >= 15 is 0 Å². The van der Waals surface area contributed by atoms with Crippen LogP contribution in [0.1, 0.15) is 22.8 Å². The van der Waals surface area contributed by atoms with Gasteiger partial charge in [-0.1, -0.05) is 30.3 Å². The average molecular weight is 279 g/mol. The molecule has 2 rings (SSSR count). The predicted molar refractivity (Wildman–Crippen MR) is 73.5 cm³/mol. The molecule has 0 saturated carbocycles. The van der Waals surface area contributed by atoms with Gasteiger partial charge < -0.3 is 9.84 Å². The standard InChI is InChI=1S/C16H16O3.Na/c1-12(17)11-19-15-9-7-14(8-10-15)16(18)13-5-3-2-4-6-13;/h2-10,12,17H,11H2,1H3;/q;+1. The molecule has 1 N–H and O–H groups in total. The van der Waals surface area contributed by atoms with Crippen molar-refractivity contribution in [3.8, 4) is 5.75 Å². The van der Waals surface area contributed by atoms with Crippen LogP contribution in [0, 0.1) is 0 Å². The van der Waals surface area contributed by atoms with Gasteiger partial charge in [-0.05, 0) is 31.2 Å². The van der Waals surface area contributed by atoms with Crippen molar-refractivity contribution in [2.75, 3.05) is 6.61 Å². The van der Waals surface area contributed by atoms with Crippen LogP contribution in [0.3, 0.4) is 0 Å². The Labute approximate surface area is 140 Å². The molecule has 0 fully saturated rings. The molecule has 2 aromatic carbocycles. The number of benzene rings is 2. The largest absolute Gasteiger partial charge is 1.00 e. The SMILES string of the molecule is CC(O)COc1ccc(C(=O)c2ccccc2)cc1.[Na+]. The first kappa shape index (κ1) is 16.9. The van der Waals surface area contributed by atoms with E-state index in [0.29, 0.717) is 16.9 Å². The zero-order chi connectivity index (χ0) is 13.7. The Morgan fingerprint density at radius 2 is 1.60 bits per heavy atom. The van der Waals surface area contributed by atoms with Crippen molar-refractivity contribution in [1.29, 1.82) is 0 Å². The molecule has 20 heavy (non-hydrogen) atoms. The van der Waals surface area contributed by atoms with Gasteiger partial charge in [-0.2, -0.15) is 0 Å². The van der Waals surface area contributed by atoms with Crippen molar-refractivity contribution < 1.29 is 44.2 Å². The molecule has 0 aliphatic heterocycles. The number of rotatable bonds is 5. The number of ether oxygens (including phenoxy) is 1. The second-order valence-corrected chi connectivity index (χ2v) is 4.38. The third-order valence-electron chi connectivity index (χ3n) is 2.64. The minimum absolute atomic E-state index is 0. The van der Waals surface area contributed by atoms with E-state index in [1.165, 1.54) is 0 Å². The summed E-state index contributed by atoms with van der Waals surface area (Å²) in [6.07, 6.45) is -0.509. The van der Waals surface area contributed by atoms with Crippen LogP contribution in [-0.4, -0.2) is 23.6 Å². The maximum Gasteiger partial charge on any atom is 1.00 e. The molecule has 0 amide bonds. The summed E-state index contributed by atoms with van der Waals surface area (Å²) < 4.78 is 5.35. The van der Waals surface area contributed by atoms with Crippen LogP contribution in [0.5, 0.6) is 5.75 Å². The molecule has 1 unspecified atom stereocenters. The first-order valence-electron chi connectivity index (χ1n) is 6.17. The van der Waals surface area contributed by atoms with Crippen molar-refractivity contribution in [3.63, 3.8) is 0 Å². The molecule has 0 radical (unpaired) electrons. The van der Waals surface area contributed by atoms with Crippen LogP contribution < -0.4 is 34.3 Å². The Balaban J connectivity index is 0.00000200. The van der Waals surface area contributed by atoms with E-state index in [1.807, 2.05) is 18.2 Å². The fourth-order valence-electron chi connectivity index (χ4n) is 1.68. The molecule has 98 valence electrons. The molecule has 0 aromatic heterocycles. The summed E-state index contributed by atoms with van der Waals surface area (Å²) >= 11 is 0. The third kappa shape index (κ3) is 4.76. The number of hydrogen-bond acceptors (Lipinski definition) is 3. The Hall–Kier alpha value is -1.13. The Morgan fingerprint density at radius 3 is 2.15 bits per heavy atom. The van der Waals surface area contributed by atoms with Gasteiger partial charge in [-0.25, -0.2) is 0 Å². The fraction of sp³-hybridized carbons (Fsp3) is 0.188. The molecule has 0 heterocycles. The third-order valence-corrected chi connectivity index (χ3v) is 2.64. The van der Waals surface area contributed by atoms with Crippen molar-refractivity contribution in [1.82, 2.24) is 0 Å². The summed E-state index contributed by atoms with van der Waals surface area (Å²) in [5.41, 5.74) is 1.29. The minimum Gasteiger partial charge on any atom is -0.491 e. The van der Waals surface area contributed by atoms with Crippen LogP contribution in [0.2, 0.25) is 0 Å². The van der Waals surface area contributed by atoms with Crippen molar-refractivity contribution >= 4 is 5.78 Å². The normalized spacial score (nSPS) is 11.3. The van der Waals surface area contributed by atoms with E-state index in [9.17, 15) is 4.79 Å². The molecule has 1 atom stereocenters. The van der Waals surface area contributed by atoms with Gasteiger partial charge >= 0.3 is 29.6 Å². The van der Waals surface area contributed by atoms with Crippen molar-refractivity contribution in [2.45, 2.75) is 13.0 Å².